The average molecular weight is 288 g/mol. The molecule has 7 nitrogen and oxygen atoms in total. The Morgan fingerprint density at radius 3 is 2.74 bits per heavy atom. The third-order valence-electron chi connectivity index (χ3n) is 3.51. The van der Waals surface area contributed by atoms with Crippen LogP contribution in [0.4, 0.5) is 5.82 Å². The average Bonchev–Trinajstić information content (AvgIpc) is 2.83. The van der Waals surface area contributed by atoms with Crippen LogP contribution in [0.5, 0.6) is 0 Å². The van der Waals surface area contributed by atoms with Gasteiger partial charge in [-0.15, -0.1) is 0 Å². The van der Waals surface area contributed by atoms with Gasteiger partial charge in [0, 0.05) is 20.2 Å². The first-order chi connectivity index (χ1) is 8.75. The molecule has 0 saturated carbocycles. The molecule has 1 saturated heterocycles. The Kier molecular flexibility index (Phi) is 3.59. The number of nitrogens with two attached hydrogens (primary N) is 1. The Hall–Kier alpha value is -1.12. The lowest BCUT2D eigenvalue weighted by atomic mass is 10.0. The van der Waals surface area contributed by atoms with E-state index in [1.807, 2.05) is 6.92 Å². The number of ether oxygens (including phenoxy) is 1. The Balaban J connectivity index is 2.19. The first-order valence-corrected chi connectivity index (χ1v) is 7.66. The van der Waals surface area contributed by atoms with E-state index in [-0.39, 0.29) is 17.3 Å². The SMILES string of the molecule is Cc1c(S(=O)(=O)NCC2(C)CCCO2)c(N)nn1C. The zero-order chi connectivity index (χ0) is 14.3. The molecule has 8 heteroatoms. The van der Waals surface area contributed by atoms with Crippen LogP contribution in [-0.4, -0.2) is 37.0 Å². The lowest BCUT2D eigenvalue weighted by Gasteiger charge is -2.23. The van der Waals surface area contributed by atoms with Gasteiger partial charge in [-0.1, -0.05) is 0 Å². The van der Waals surface area contributed by atoms with Gasteiger partial charge in [0.1, 0.15) is 4.90 Å². The highest BCUT2D eigenvalue weighted by Crippen LogP contribution is 2.26. The molecule has 0 bridgehead atoms. The van der Waals surface area contributed by atoms with Gasteiger partial charge in [-0.05, 0) is 26.7 Å². The second-order valence-corrected chi connectivity index (χ2v) is 6.85. The molecule has 1 aromatic rings. The van der Waals surface area contributed by atoms with Crippen LogP contribution in [0.1, 0.15) is 25.5 Å². The number of hydrogen-bond acceptors (Lipinski definition) is 5. The van der Waals surface area contributed by atoms with Crippen LogP contribution in [-0.2, 0) is 21.8 Å². The van der Waals surface area contributed by atoms with Gasteiger partial charge in [0.15, 0.2) is 5.82 Å². The van der Waals surface area contributed by atoms with E-state index in [1.54, 1.807) is 14.0 Å². The van der Waals surface area contributed by atoms with Gasteiger partial charge >= 0.3 is 0 Å². The van der Waals surface area contributed by atoms with Crippen LogP contribution < -0.4 is 10.5 Å². The van der Waals surface area contributed by atoms with Crippen molar-refractivity contribution < 1.29 is 13.2 Å². The fourth-order valence-corrected chi connectivity index (χ4v) is 3.72. The zero-order valence-electron chi connectivity index (χ0n) is 11.4. The molecule has 108 valence electrons. The van der Waals surface area contributed by atoms with Crippen molar-refractivity contribution in [3.8, 4) is 0 Å². The van der Waals surface area contributed by atoms with Gasteiger partial charge in [0.05, 0.1) is 11.3 Å². The summed E-state index contributed by atoms with van der Waals surface area (Å²) in [6.45, 7) is 4.49. The maximum Gasteiger partial charge on any atom is 0.246 e. The van der Waals surface area contributed by atoms with Gasteiger partial charge in [-0.2, -0.15) is 5.10 Å². The number of hydrogen-bond donors (Lipinski definition) is 2. The minimum absolute atomic E-state index is 0.0185. The molecule has 0 spiro atoms. The molecule has 3 N–H and O–H groups in total. The smallest absolute Gasteiger partial charge is 0.246 e. The van der Waals surface area contributed by atoms with Gasteiger partial charge < -0.3 is 10.5 Å². The van der Waals surface area contributed by atoms with Crippen molar-refractivity contribution in [3.05, 3.63) is 5.69 Å². The van der Waals surface area contributed by atoms with Crippen molar-refractivity contribution in [2.75, 3.05) is 18.9 Å². The minimum Gasteiger partial charge on any atom is -0.381 e. The van der Waals surface area contributed by atoms with E-state index in [9.17, 15) is 8.42 Å². The molecular formula is C11H20N4O3S. The van der Waals surface area contributed by atoms with Crippen LogP contribution >= 0.6 is 0 Å². The highest BCUT2D eigenvalue weighted by atomic mass is 32.2. The maximum atomic E-state index is 12.3. The van der Waals surface area contributed by atoms with Gasteiger partial charge in [-0.25, -0.2) is 13.1 Å². The second-order valence-electron chi connectivity index (χ2n) is 5.15. The first-order valence-electron chi connectivity index (χ1n) is 6.18. The summed E-state index contributed by atoms with van der Waals surface area (Å²) in [6, 6.07) is 0. The molecule has 1 atom stereocenters. The van der Waals surface area contributed by atoms with Crippen LogP contribution in [0.15, 0.2) is 4.90 Å². The van der Waals surface area contributed by atoms with Crippen molar-refractivity contribution in [2.24, 2.45) is 7.05 Å². The molecule has 0 aromatic carbocycles. The van der Waals surface area contributed by atoms with Gasteiger partial charge in [-0.3, -0.25) is 4.68 Å². The van der Waals surface area contributed by atoms with Crippen LogP contribution in [0.2, 0.25) is 0 Å². The number of sulfonamides is 1. The van der Waals surface area contributed by atoms with Crippen molar-refractivity contribution in [3.63, 3.8) is 0 Å². The zero-order valence-corrected chi connectivity index (χ0v) is 12.2. The first kappa shape index (κ1) is 14.3. The molecule has 0 radical (unpaired) electrons. The Morgan fingerprint density at radius 1 is 1.58 bits per heavy atom. The highest BCUT2D eigenvalue weighted by molar-refractivity contribution is 7.89. The van der Waals surface area contributed by atoms with Gasteiger partial charge in [0.2, 0.25) is 10.0 Å². The number of aryl methyl sites for hydroxylation is 1. The van der Waals surface area contributed by atoms with E-state index in [1.165, 1.54) is 4.68 Å². The number of nitrogens with zero attached hydrogens (tertiary/aromatic N) is 2. The topological polar surface area (TPSA) is 99.2 Å². The Labute approximate surface area is 113 Å². The third kappa shape index (κ3) is 2.75. The van der Waals surface area contributed by atoms with E-state index in [0.717, 1.165) is 12.8 Å². The third-order valence-corrected chi connectivity index (χ3v) is 5.08. The summed E-state index contributed by atoms with van der Waals surface area (Å²) < 4.78 is 34.2. The van der Waals surface area contributed by atoms with Crippen LogP contribution in [0, 0.1) is 6.92 Å². The summed E-state index contributed by atoms with van der Waals surface area (Å²) in [5.41, 5.74) is 5.75. The van der Waals surface area contributed by atoms with Crippen molar-refractivity contribution >= 4 is 15.8 Å². The number of rotatable bonds is 4. The van der Waals surface area contributed by atoms with E-state index < -0.39 is 15.6 Å². The van der Waals surface area contributed by atoms with E-state index in [4.69, 9.17) is 10.5 Å². The Bertz CT molecular complexity index is 573. The standard InChI is InChI=1S/C11H20N4O3S/c1-8-9(10(12)14-15(8)3)19(16,17)13-7-11(2)5-4-6-18-11/h13H,4-7H2,1-3H3,(H2,12,14). The second kappa shape index (κ2) is 4.77. The molecule has 1 aliphatic rings. The normalized spacial score (nSPS) is 23.9. The molecule has 0 aliphatic carbocycles. The van der Waals surface area contributed by atoms with E-state index in [2.05, 4.69) is 9.82 Å². The Morgan fingerprint density at radius 2 is 2.26 bits per heavy atom. The number of aromatic nitrogens is 2. The van der Waals surface area contributed by atoms with Gasteiger partial charge in [0.25, 0.3) is 0 Å². The number of anilines is 1. The summed E-state index contributed by atoms with van der Waals surface area (Å²) in [6.07, 6.45) is 1.79. The number of nitrogens with one attached hydrogen (secondary N) is 1. The molecule has 2 rings (SSSR count). The molecule has 19 heavy (non-hydrogen) atoms. The van der Waals surface area contributed by atoms with Crippen molar-refractivity contribution in [1.29, 1.82) is 0 Å². The maximum absolute atomic E-state index is 12.3. The van der Waals surface area contributed by atoms with Crippen molar-refractivity contribution in [1.82, 2.24) is 14.5 Å². The number of nitrogen functional groups attached to an aromatic ring is 1. The van der Waals surface area contributed by atoms with Crippen molar-refractivity contribution in [2.45, 2.75) is 37.2 Å². The fourth-order valence-electron chi connectivity index (χ4n) is 2.24. The minimum atomic E-state index is -3.66. The molecular weight excluding hydrogens is 268 g/mol. The summed E-state index contributed by atoms with van der Waals surface area (Å²) in [7, 11) is -2.01. The largest absolute Gasteiger partial charge is 0.381 e. The fraction of sp³-hybridized carbons (Fsp3) is 0.727. The van der Waals surface area contributed by atoms with Crippen LogP contribution in [0.3, 0.4) is 0 Å². The molecule has 0 amide bonds. The van der Waals surface area contributed by atoms with E-state index >= 15 is 0 Å². The predicted octanol–water partition coefficient (Wildman–Crippen LogP) is 0.158. The highest BCUT2D eigenvalue weighted by Gasteiger charge is 2.33. The summed E-state index contributed by atoms with van der Waals surface area (Å²) >= 11 is 0. The van der Waals surface area contributed by atoms with Crippen LogP contribution in [0.25, 0.3) is 0 Å². The molecule has 1 unspecified atom stereocenters. The summed E-state index contributed by atoms with van der Waals surface area (Å²) in [5.74, 6) is 0.0185. The molecule has 1 aromatic heterocycles. The lowest BCUT2D eigenvalue weighted by molar-refractivity contribution is 0.0250. The predicted molar refractivity (Wildman–Crippen MR) is 71.1 cm³/mol. The summed E-state index contributed by atoms with van der Waals surface area (Å²) in [4.78, 5) is 0.0524. The molecule has 2 heterocycles. The monoisotopic (exact) mass is 288 g/mol. The van der Waals surface area contributed by atoms with E-state index in [0.29, 0.717) is 12.3 Å². The molecule has 1 fully saturated rings. The summed E-state index contributed by atoms with van der Waals surface area (Å²) in [5, 5.41) is 3.92. The quantitative estimate of drug-likeness (QED) is 0.822. The molecule has 1 aliphatic heterocycles. The lowest BCUT2D eigenvalue weighted by Crippen LogP contribution is -2.40.